The van der Waals surface area contributed by atoms with E-state index in [4.69, 9.17) is 33.0 Å². The third kappa shape index (κ3) is 2.04. The van der Waals surface area contributed by atoms with Crippen LogP contribution < -0.4 is 4.74 Å². The second-order valence-corrected chi connectivity index (χ2v) is 4.16. The van der Waals surface area contributed by atoms with Gasteiger partial charge in [0.2, 0.25) is 0 Å². The predicted molar refractivity (Wildman–Crippen MR) is 60.6 cm³/mol. The van der Waals surface area contributed by atoms with Crippen LogP contribution in [0.2, 0.25) is 10.0 Å². The van der Waals surface area contributed by atoms with E-state index in [9.17, 15) is 4.79 Å². The van der Waals surface area contributed by atoms with Crippen LogP contribution in [-0.2, 0) is 4.79 Å². The maximum atomic E-state index is 10.4. The lowest BCUT2D eigenvalue weighted by atomic mass is 10.3. The summed E-state index contributed by atoms with van der Waals surface area (Å²) >= 11 is 12.7. The van der Waals surface area contributed by atoms with Crippen molar-refractivity contribution in [1.82, 2.24) is 8.75 Å². The highest BCUT2D eigenvalue weighted by atomic mass is 35.5. The molecule has 0 saturated carbocycles. The standard InChI is InChI=1S/C8H4Cl2N2O3S/c9-3-1-4(10)8(15-2-5(13)14)7-6(3)11-16-12-7/h1H,2H2,(H,13,14). The van der Waals surface area contributed by atoms with Crippen LogP contribution in [0.25, 0.3) is 11.0 Å². The predicted octanol–water partition coefficient (Wildman–Crippen LogP) is 2.46. The van der Waals surface area contributed by atoms with Crippen LogP contribution in [0.3, 0.4) is 0 Å². The lowest BCUT2D eigenvalue weighted by Crippen LogP contribution is -2.10. The van der Waals surface area contributed by atoms with Crippen molar-refractivity contribution in [2.75, 3.05) is 6.61 Å². The second kappa shape index (κ2) is 4.40. The molecule has 2 aromatic rings. The van der Waals surface area contributed by atoms with Crippen molar-refractivity contribution in [3.8, 4) is 5.75 Å². The summed E-state index contributed by atoms with van der Waals surface area (Å²) < 4.78 is 13.0. The van der Waals surface area contributed by atoms with Gasteiger partial charge < -0.3 is 9.84 Å². The molecule has 1 heterocycles. The number of benzene rings is 1. The molecule has 8 heteroatoms. The fourth-order valence-electron chi connectivity index (χ4n) is 1.12. The van der Waals surface area contributed by atoms with Gasteiger partial charge in [0.15, 0.2) is 12.4 Å². The van der Waals surface area contributed by atoms with Gasteiger partial charge in [-0.15, -0.1) is 0 Å². The Kier molecular flexibility index (Phi) is 3.13. The number of halogens is 2. The van der Waals surface area contributed by atoms with Gasteiger partial charge in [-0.05, 0) is 6.07 Å². The monoisotopic (exact) mass is 278 g/mol. The number of nitrogens with zero attached hydrogens (tertiary/aromatic N) is 2. The maximum absolute atomic E-state index is 10.4. The Morgan fingerprint density at radius 2 is 2.06 bits per heavy atom. The summed E-state index contributed by atoms with van der Waals surface area (Å²) in [7, 11) is 0. The van der Waals surface area contributed by atoms with Crippen molar-refractivity contribution >= 4 is 51.9 Å². The quantitative estimate of drug-likeness (QED) is 0.934. The third-order valence-corrected chi connectivity index (χ3v) is 2.84. The Hall–Kier alpha value is -1.11. The number of ether oxygens (including phenoxy) is 1. The molecule has 2 rings (SSSR count). The zero-order valence-corrected chi connectivity index (χ0v) is 9.94. The summed E-state index contributed by atoms with van der Waals surface area (Å²) in [5, 5.41) is 9.09. The lowest BCUT2D eigenvalue weighted by Gasteiger charge is -2.06. The van der Waals surface area contributed by atoms with E-state index in [0.717, 1.165) is 11.7 Å². The van der Waals surface area contributed by atoms with Crippen molar-refractivity contribution in [2.24, 2.45) is 0 Å². The first-order valence-corrected chi connectivity index (χ1v) is 5.53. The minimum absolute atomic E-state index is 0.192. The van der Waals surface area contributed by atoms with Crippen LogP contribution in [0, 0.1) is 0 Å². The minimum atomic E-state index is -1.10. The number of aliphatic carboxylic acids is 1. The fraction of sp³-hybridized carbons (Fsp3) is 0.125. The van der Waals surface area contributed by atoms with Crippen LogP contribution in [0.4, 0.5) is 0 Å². The summed E-state index contributed by atoms with van der Waals surface area (Å²) in [6, 6.07) is 1.45. The van der Waals surface area contributed by atoms with Gasteiger partial charge in [0, 0.05) is 0 Å². The van der Waals surface area contributed by atoms with E-state index in [-0.39, 0.29) is 10.8 Å². The lowest BCUT2D eigenvalue weighted by molar-refractivity contribution is -0.139. The Morgan fingerprint density at radius 3 is 2.75 bits per heavy atom. The number of rotatable bonds is 3. The smallest absolute Gasteiger partial charge is 0.341 e. The molecule has 0 radical (unpaired) electrons. The molecule has 1 N–H and O–H groups in total. The summed E-state index contributed by atoms with van der Waals surface area (Å²) in [5.74, 6) is -0.903. The zero-order chi connectivity index (χ0) is 11.7. The number of hydrogen-bond donors (Lipinski definition) is 1. The van der Waals surface area contributed by atoms with Crippen LogP contribution in [0.1, 0.15) is 0 Å². The molecule has 0 unspecified atom stereocenters. The average Bonchev–Trinajstić information content (AvgIpc) is 2.65. The molecule has 0 amide bonds. The average molecular weight is 279 g/mol. The van der Waals surface area contributed by atoms with E-state index < -0.39 is 12.6 Å². The number of fused-ring (bicyclic) bond motifs is 1. The van der Waals surface area contributed by atoms with Gasteiger partial charge >= 0.3 is 5.97 Å². The third-order valence-electron chi connectivity index (χ3n) is 1.74. The molecule has 1 aromatic heterocycles. The Labute approximate surface area is 104 Å². The van der Waals surface area contributed by atoms with E-state index in [1.807, 2.05) is 0 Å². The number of carboxylic acid groups (broad SMARTS) is 1. The van der Waals surface area contributed by atoms with E-state index in [2.05, 4.69) is 8.75 Å². The first kappa shape index (κ1) is 11.4. The highest BCUT2D eigenvalue weighted by molar-refractivity contribution is 7.00. The summed E-state index contributed by atoms with van der Waals surface area (Å²) in [5.41, 5.74) is 0.834. The van der Waals surface area contributed by atoms with Crippen molar-refractivity contribution in [3.63, 3.8) is 0 Å². The van der Waals surface area contributed by atoms with Crippen LogP contribution in [0.15, 0.2) is 6.07 Å². The summed E-state index contributed by atoms with van der Waals surface area (Å²) in [6.07, 6.45) is 0. The van der Waals surface area contributed by atoms with E-state index in [0.29, 0.717) is 16.1 Å². The molecule has 0 bridgehead atoms. The molecule has 5 nitrogen and oxygen atoms in total. The van der Waals surface area contributed by atoms with E-state index in [1.54, 1.807) is 0 Å². The van der Waals surface area contributed by atoms with Crippen molar-refractivity contribution in [1.29, 1.82) is 0 Å². The van der Waals surface area contributed by atoms with Crippen LogP contribution >= 0.6 is 34.9 Å². The molecular formula is C8H4Cl2N2O3S. The minimum Gasteiger partial charge on any atom is -0.479 e. The van der Waals surface area contributed by atoms with Crippen LogP contribution in [0.5, 0.6) is 5.75 Å². The van der Waals surface area contributed by atoms with Gasteiger partial charge in [-0.3, -0.25) is 0 Å². The van der Waals surface area contributed by atoms with Crippen molar-refractivity contribution in [3.05, 3.63) is 16.1 Å². The van der Waals surface area contributed by atoms with Crippen molar-refractivity contribution in [2.45, 2.75) is 0 Å². The Bertz CT molecular complexity index is 557. The molecule has 0 aliphatic rings. The van der Waals surface area contributed by atoms with Gasteiger partial charge in [0.25, 0.3) is 0 Å². The molecule has 1 aromatic carbocycles. The highest BCUT2D eigenvalue weighted by Crippen LogP contribution is 2.36. The fourth-order valence-corrected chi connectivity index (χ4v) is 2.28. The zero-order valence-electron chi connectivity index (χ0n) is 7.61. The number of hydrogen-bond acceptors (Lipinski definition) is 5. The van der Waals surface area contributed by atoms with Gasteiger partial charge in [0.1, 0.15) is 11.0 Å². The Morgan fingerprint density at radius 1 is 1.38 bits per heavy atom. The van der Waals surface area contributed by atoms with Gasteiger partial charge in [0.05, 0.1) is 21.8 Å². The molecule has 0 atom stereocenters. The highest BCUT2D eigenvalue weighted by Gasteiger charge is 2.15. The van der Waals surface area contributed by atoms with Crippen LogP contribution in [-0.4, -0.2) is 26.4 Å². The molecule has 16 heavy (non-hydrogen) atoms. The maximum Gasteiger partial charge on any atom is 0.341 e. The molecular weight excluding hydrogens is 275 g/mol. The first-order chi connectivity index (χ1) is 7.59. The molecule has 0 saturated heterocycles. The summed E-state index contributed by atoms with van der Waals surface area (Å²) in [4.78, 5) is 10.4. The molecule has 0 aliphatic heterocycles. The van der Waals surface area contributed by atoms with Gasteiger partial charge in [-0.25, -0.2) is 4.79 Å². The number of carboxylic acids is 1. The Balaban J connectivity index is 2.50. The first-order valence-electron chi connectivity index (χ1n) is 4.04. The van der Waals surface area contributed by atoms with E-state index >= 15 is 0 Å². The number of carbonyl (C=O) groups is 1. The largest absolute Gasteiger partial charge is 0.479 e. The SMILES string of the molecule is O=C(O)COc1c(Cl)cc(Cl)c2nsnc12. The van der Waals surface area contributed by atoms with Crippen molar-refractivity contribution < 1.29 is 14.6 Å². The second-order valence-electron chi connectivity index (χ2n) is 2.81. The topological polar surface area (TPSA) is 72.3 Å². The number of aromatic nitrogens is 2. The normalized spacial score (nSPS) is 10.6. The van der Waals surface area contributed by atoms with E-state index in [1.165, 1.54) is 6.07 Å². The molecule has 0 fully saturated rings. The van der Waals surface area contributed by atoms with Gasteiger partial charge in [-0.1, -0.05) is 23.2 Å². The molecule has 0 spiro atoms. The summed E-state index contributed by atoms with van der Waals surface area (Å²) in [6.45, 7) is -0.492. The molecule has 84 valence electrons. The van der Waals surface area contributed by atoms with Gasteiger partial charge in [-0.2, -0.15) is 8.75 Å². The molecule has 0 aliphatic carbocycles.